The quantitative estimate of drug-likeness (QED) is 0.425. The highest BCUT2D eigenvalue weighted by Crippen LogP contribution is 2.25. The van der Waals surface area contributed by atoms with Crippen LogP contribution in [0.3, 0.4) is 0 Å². The zero-order valence-electron chi connectivity index (χ0n) is 13.1. The molecule has 24 heavy (non-hydrogen) atoms. The van der Waals surface area contributed by atoms with Crippen LogP contribution in [0.4, 0.5) is 10.5 Å². The molecule has 1 aromatic rings. The Bertz CT molecular complexity index is 631. The lowest BCUT2D eigenvalue weighted by Gasteiger charge is -2.10. The largest absolute Gasteiger partial charge is 0.475 e. The van der Waals surface area contributed by atoms with Gasteiger partial charge < -0.3 is 14.8 Å². The van der Waals surface area contributed by atoms with E-state index in [1.807, 2.05) is 5.32 Å². The number of benzene rings is 1. The SMILES string of the molecule is CC(C)NC(=O)NC(=O)COC(=O)COc1ccccc1[N+](=O)[O-]. The summed E-state index contributed by atoms with van der Waals surface area (Å²) >= 11 is 0. The minimum atomic E-state index is -0.910. The number of hydrogen-bond acceptors (Lipinski definition) is 7. The lowest BCUT2D eigenvalue weighted by molar-refractivity contribution is -0.385. The van der Waals surface area contributed by atoms with E-state index in [1.54, 1.807) is 13.8 Å². The van der Waals surface area contributed by atoms with Crippen molar-refractivity contribution in [2.75, 3.05) is 13.2 Å². The Hall–Kier alpha value is -3.17. The summed E-state index contributed by atoms with van der Waals surface area (Å²) in [7, 11) is 0. The first-order valence-corrected chi connectivity index (χ1v) is 6.91. The smallest absolute Gasteiger partial charge is 0.344 e. The van der Waals surface area contributed by atoms with Crippen molar-refractivity contribution in [1.82, 2.24) is 10.6 Å². The van der Waals surface area contributed by atoms with Crippen molar-refractivity contribution in [3.8, 4) is 5.75 Å². The standard InChI is InChI=1S/C14H17N3O7/c1-9(2)15-14(20)16-12(18)7-24-13(19)8-23-11-6-4-3-5-10(11)17(21)22/h3-6,9H,7-8H2,1-2H3,(H2,15,16,18,20). The minimum Gasteiger partial charge on any atom is -0.475 e. The lowest BCUT2D eigenvalue weighted by atomic mass is 10.3. The van der Waals surface area contributed by atoms with Gasteiger partial charge in [0.25, 0.3) is 5.91 Å². The van der Waals surface area contributed by atoms with Crippen molar-refractivity contribution in [2.45, 2.75) is 19.9 Å². The Morgan fingerprint density at radius 3 is 2.50 bits per heavy atom. The summed E-state index contributed by atoms with van der Waals surface area (Å²) in [4.78, 5) is 44.2. The first-order chi connectivity index (χ1) is 11.3. The Kier molecular flexibility index (Phi) is 7.14. The first kappa shape index (κ1) is 18.9. The zero-order valence-corrected chi connectivity index (χ0v) is 13.1. The zero-order chi connectivity index (χ0) is 18.1. The van der Waals surface area contributed by atoms with E-state index in [9.17, 15) is 24.5 Å². The molecule has 0 radical (unpaired) electrons. The normalized spacial score (nSPS) is 9.96. The van der Waals surface area contributed by atoms with Crippen LogP contribution in [0.15, 0.2) is 24.3 Å². The van der Waals surface area contributed by atoms with E-state index in [1.165, 1.54) is 24.3 Å². The Labute approximate surface area is 137 Å². The molecule has 0 saturated heterocycles. The lowest BCUT2D eigenvalue weighted by Crippen LogP contribution is -2.44. The molecule has 0 bridgehead atoms. The van der Waals surface area contributed by atoms with E-state index >= 15 is 0 Å². The Morgan fingerprint density at radius 1 is 1.21 bits per heavy atom. The average molecular weight is 339 g/mol. The van der Waals surface area contributed by atoms with Crippen LogP contribution in [-0.4, -0.2) is 42.1 Å². The number of nitro groups is 1. The van der Waals surface area contributed by atoms with Gasteiger partial charge in [0.15, 0.2) is 19.0 Å². The maximum atomic E-state index is 11.5. The van der Waals surface area contributed by atoms with E-state index in [0.717, 1.165) is 0 Å². The van der Waals surface area contributed by atoms with Gasteiger partial charge in [-0.05, 0) is 19.9 Å². The average Bonchev–Trinajstić information content (AvgIpc) is 2.50. The van der Waals surface area contributed by atoms with Crippen LogP contribution in [0.1, 0.15) is 13.8 Å². The Balaban J connectivity index is 2.38. The molecule has 130 valence electrons. The maximum Gasteiger partial charge on any atom is 0.344 e. The predicted molar refractivity (Wildman–Crippen MR) is 81.4 cm³/mol. The number of carbonyl (C=O) groups is 3. The second kappa shape index (κ2) is 9.08. The molecule has 0 unspecified atom stereocenters. The summed E-state index contributed by atoms with van der Waals surface area (Å²) in [6.07, 6.45) is 0. The second-order valence-corrected chi connectivity index (χ2v) is 4.85. The van der Waals surface area contributed by atoms with Gasteiger partial charge in [0.1, 0.15) is 0 Å². The maximum absolute atomic E-state index is 11.5. The fraction of sp³-hybridized carbons (Fsp3) is 0.357. The van der Waals surface area contributed by atoms with Crippen molar-refractivity contribution in [1.29, 1.82) is 0 Å². The number of carbonyl (C=O) groups excluding carboxylic acids is 3. The van der Waals surface area contributed by atoms with Crippen molar-refractivity contribution in [2.24, 2.45) is 0 Å². The number of imide groups is 1. The van der Waals surface area contributed by atoms with E-state index in [4.69, 9.17) is 4.74 Å². The van der Waals surface area contributed by atoms with Gasteiger partial charge in [-0.25, -0.2) is 9.59 Å². The first-order valence-electron chi connectivity index (χ1n) is 6.91. The van der Waals surface area contributed by atoms with Crippen LogP contribution in [-0.2, 0) is 14.3 Å². The highest BCUT2D eigenvalue weighted by molar-refractivity contribution is 5.95. The molecule has 1 rings (SSSR count). The van der Waals surface area contributed by atoms with Gasteiger partial charge in [-0.15, -0.1) is 0 Å². The number of nitrogens with one attached hydrogen (secondary N) is 2. The molecule has 0 saturated carbocycles. The number of nitro benzene ring substituents is 1. The molecule has 1 aromatic carbocycles. The predicted octanol–water partition coefficient (Wildman–Crippen LogP) is 0.751. The van der Waals surface area contributed by atoms with Gasteiger partial charge >= 0.3 is 17.7 Å². The van der Waals surface area contributed by atoms with E-state index in [2.05, 4.69) is 10.1 Å². The van der Waals surface area contributed by atoms with Gasteiger partial charge in [-0.1, -0.05) is 12.1 Å². The van der Waals surface area contributed by atoms with Crippen LogP contribution in [0.25, 0.3) is 0 Å². The summed E-state index contributed by atoms with van der Waals surface area (Å²) in [5.41, 5.74) is -0.298. The molecule has 0 spiro atoms. The summed E-state index contributed by atoms with van der Waals surface area (Å²) in [6.45, 7) is 2.13. The van der Waals surface area contributed by atoms with Gasteiger partial charge in [0.2, 0.25) is 0 Å². The molecule has 0 aliphatic heterocycles. The summed E-state index contributed by atoms with van der Waals surface area (Å²) < 4.78 is 9.60. The molecule has 0 aliphatic carbocycles. The molecule has 0 fully saturated rings. The molecule has 0 heterocycles. The van der Waals surface area contributed by atoms with Crippen molar-refractivity contribution < 1.29 is 28.8 Å². The molecule has 10 heteroatoms. The molecule has 10 nitrogen and oxygen atoms in total. The molecule has 2 N–H and O–H groups in total. The highest BCUT2D eigenvalue weighted by Gasteiger charge is 2.16. The van der Waals surface area contributed by atoms with E-state index < -0.39 is 36.0 Å². The number of para-hydroxylation sites is 2. The fourth-order valence-corrected chi connectivity index (χ4v) is 1.52. The van der Waals surface area contributed by atoms with Crippen LogP contribution in [0.2, 0.25) is 0 Å². The van der Waals surface area contributed by atoms with Gasteiger partial charge in [-0.2, -0.15) is 0 Å². The van der Waals surface area contributed by atoms with Crippen LogP contribution >= 0.6 is 0 Å². The highest BCUT2D eigenvalue weighted by atomic mass is 16.6. The number of esters is 1. The molecule has 0 aromatic heterocycles. The molecule has 0 atom stereocenters. The second-order valence-electron chi connectivity index (χ2n) is 4.85. The number of urea groups is 1. The summed E-state index contributed by atoms with van der Waals surface area (Å²) in [6, 6.07) is 4.65. The third kappa shape index (κ3) is 6.73. The summed E-state index contributed by atoms with van der Waals surface area (Å²) in [5.74, 6) is -1.82. The number of nitrogens with zero attached hydrogens (tertiary/aromatic N) is 1. The fourth-order valence-electron chi connectivity index (χ4n) is 1.52. The van der Waals surface area contributed by atoms with Gasteiger partial charge in [-0.3, -0.25) is 20.2 Å². The Morgan fingerprint density at radius 2 is 1.88 bits per heavy atom. The van der Waals surface area contributed by atoms with Crippen molar-refractivity contribution >= 4 is 23.6 Å². The summed E-state index contributed by atoms with van der Waals surface area (Å²) in [5, 5.41) is 15.2. The van der Waals surface area contributed by atoms with Crippen LogP contribution < -0.4 is 15.4 Å². The third-order valence-electron chi connectivity index (χ3n) is 2.44. The molecular formula is C14H17N3O7. The van der Waals surface area contributed by atoms with Crippen LogP contribution in [0.5, 0.6) is 5.75 Å². The molecular weight excluding hydrogens is 322 g/mol. The van der Waals surface area contributed by atoms with E-state index in [0.29, 0.717) is 0 Å². The topological polar surface area (TPSA) is 137 Å². The van der Waals surface area contributed by atoms with Crippen molar-refractivity contribution in [3.05, 3.63) is 34.4 Å². The minimum absolute atomic E-state index is 0.0970. The monoisotopic (exact) mass is 339 g/mol. The number of ether oxygens (including phenoxy) is 2. The van der Waals surface area contributed by atoms with Crippen LogP contribution in [0, 0.1) is 10.1 Å². The number of hydrogen-bond donors (Lipinski definition) is 2. The van der Waals surface area contributed by atoms with Crippen molar-refractivity contribution in [3.63, 3.8) is 0 Å². The molecule has 3 amide bonds. The number of rotatable bonds is 7. The van der Waals surface area contributed by atoms with Gasteiger partial charge in [0.05, 0.1) is 4.92 Å². The molecule has 0 aliphatic rings. The van der Waals surface area contributed by atoms with Gasteiger partial charge in [0, 0.05) is 12.1 Å². The van der Waals surface area contributed by atoms with E-state index in [-0.39, 0.29) is 17.5 Å². The number of amides is 3. The third-order valence-corrected chi connectivity index (χ3v) is 2.44.